The van der Waals surface area contributed by atoms with Crippen LogP contribution < -0.4 is 4.74 Å². The van der Waals surface area contributed by atoms with Crippen LogP contribution >= 0.6 is 0 Å². The summed E-state index contributed by atoms with van der Waals surface area (Å²) >= 11 is 0. The second-order valence-electron chi connectivity index (χ2n) is 3.44. The molecule has 0 aromatic heterocycles. The lowest BCUT2D eigenvalue weighted by Gasteiger charge is -2.20. The summed E-state index contributed by atoms with van der Waals surface area (Å²) in [5, 5.41) is 9.62. The number of rotatable bonds is 0. The van der Waals surface area contributed by atoms with Gasteiger partial charge in [0.2, 0.25) is 0 Å². The minimum absolute atomic E-state index is 0.153. The molecule has 2 heterocycles. The molecule has 2 aliphatic heterocycles. The van der Waals surface area contributed by atoms with E-state index >= 15 is 0 Å². The third kappa shape index (κ3) is 1.16. The van der Waals surface area contributed by atoms with Crippen LogP contribution in [0.15, 0.2) is 47.2 Å². The number of aromatic hydroxyl groups is 1. The molecule has 1 N–H and O–H groups in total. The van der Waals surface area contributed by atoms with Crippen LogP contribution in [0.1, 0.15) is 5.56 Å². The molecule has 2 aliphatic rings. The topological polar surface area (TPSA) is 41.8 Å². The van der Waals surface area contributed by atoms with E-state index < -0.39 is 0 Å². The van der Waals surface area contributed by atoms with Crippen LogP contribution in [0, 0.1) is 0 Å². The largest absolute Gasteiger partial charge is 0.504 e. The van der Waals surface area contributed by atoms with Crippen molar-refractivity contribution in [1.82, 2.24) is 0 Å². The molecule has 1 aromatic rings. The quantitative estimate of drug-likeness (QED) is 0.694. The standard InChI is InChI=1S/C12H9NO2/c14-10-5-1-4-9-11-8(3-2-6-13-11)7-15-12(9)10/h1-5,7,14H,6H2. The Bertz CT molecular complexity index is 512. The van der Waals surface area contributed by atoms with Gasteiger partial charge >= 0.3 is 0 Å². The molecule has 0 unspecified atom stereocenters. The number of benzene rings is 1. The van der Waals surface area contributed by atoms with E-state index in [1.54, 1.807) is 18.4 Å². The molecule has 0 radical (unpaired) electrons. The molecule has 74 valence electrons. The first-order chi connectivity index (χ1) is 7.36. The fourth-order valence-corrected chi connectivity index (χ4v) is 1.79. The second-order valence-corrected chi connectivity index (χ2v) is 3.44. The molecule has 0 amide bonds. The van der Waals surface area contributed by atoms with Crippen molar-refractivity contribution in [2.45, 2.75) is 0 Å². The number of ether oxygens (including phenoxy) is 1. The zero-order chi connectivity index (χ0) is 10.3. The van der Waals surface area contributed by atoms with Gasteiger partial charge in [0.1, 0.15) is 6.26 Å². The molecule has 0 fully saturated rings. The van der Waals surface area contributed by atoms with Gasteiger partial charge in [-0.1, -0.05) is 18.2 Å². The molecule has 1 aromatic carbocycles. The van der Waals surface area contributed by atoms with Gasteiger partial charge in [0.25, 0.3) is 0 Å². The Kier molecular flexibility index (Phi) is 1.65. The van der Waals surface area contributed by atoms with E-state index in [0.717, 1.165) is 16.8 Å². The first-order valence-electron chi connectivity index (χ1n) is 4.77. The highest BCUT2D eigenvalue weighted by molar-refractivity contribution is 6.17. The Morgan fingerprint density at radius 1 is 1.33 bits per heavy atom. The second kappa shape index (κ2) is 2.98. The van der Waals surface area contributed by atoms with E-state index in [-0.39, 0.29) is 5.75 Å². The van der Waals surface area contributed by atoms with Crippen molar-refractivity contribution in [3.63, 3.8) is 0 Å². The van der Waals surface area contributed by atoms with Gasteiger partial charge in [-0.25, -0.2) is 0 Å². The molecule has 0 aliphatic carbocycles. The van der Waals surface area contributed by atoms with Crippen LogP contribution in [0.3, 0.4) is 0 Å². The third-order valence-electron chi connectivity index (χ3n) is 2.48. The maximum Gasteiger partial charge on any atom is 0.177 e. The van der Waals surface area contributed by atoms with Crippen molar-refractivity contribution >= 4 is 5.71 Å². The number of para-hydroxylation sites is 1. The van der Waals surface area contributed by atoms with Gasteiger partial charge in [0.15, 0.2) is 11.5 Å². The van der Waals surface area contributed by atoms with E-state index in [1.165, 1.54) is 0 Å². The Hall–Kier alpha value is -2.03. The lowest BCUT2D eigenvalue weighted by molar-refractivity contribution is 0.406. The van der Waals surface area contributed by atoms with Gasteiger partial charge in [-0.05, 0) is 12.1 Å². The predicted octanol–water partition coefficient (Wildman–Crippen LogP) is 2.03. The normalized spacial score (nSPS) is 17.1. The Morgan fingerprint density at radius 3 is 3.20 bits per heavy atom. The summed E-state index contributed by atoms with van der Waals surface area (Å²) in [4.78, 5) is 4.40. The fraction of sp³-hybridized carbons (Fsp3) is 0.0833. The smallest absolute Gasteiger partial charge is 0.177 e. The van der Waals surface area contributed by atoms with E-state index in [4.69, 9.17) is 4.74 Å². The molecule has 15 heavy (non-hydrogen) atoms. The summed E-state index contributed by atoms with van der Waals surface area (Å²) < 4.78 is 5.38. The van der Waals surface area contributed by atoms with Gasteiger partial charge in [0, 0.05) is 11.1 Å². The minimum atomic E-state index is 0.153. The van der Waals surface area contributed by atoms with Crippen molar-refractivity contribution in [1.29, 1.82) is 0 Å². The van der Waals surface area contributed by atoms with Crippen LogP contribution in [0.2, 0.25) is 0 Å². The summed E-state index contributed by atoms with van der Waals surface area (Å²) in [7, 11) is 0. The highest BCUT2D eigenvalue weighted by Crippen LogP contribution is 2.35. The monoisotopic (exact) mass is 199 g/mol. The molecule has 0 saturated carbocycles. The zero-order valence-corrected chi connectivity index (χ0v) is 7.97. The van der Waals surface area contributed by atoms with Gasteiger partial charge in [-0.2, -0.15) is 0 Å². The fourth-order valence-electron chi connectivity index (χ4n) is 1.79. The molecule has 0 spiro atoms. The van der Waals surface area contributed by atoms with Crippen molar-refractivity contribution in [2.75, 3.05) is 6.54 Å². The number of hydrogen-bond donors (Lipinski definition) is 1. The van der Waals surface area contributed by atoms with Gasteiger partial charge < -0.3 is 9.84 Å². The van der Waals surface area contributed by atoms with E-state index in [1.807, 2.05) is 18.2 Å². The number of nitrogens with zero attached hydrogens (tertiary/aromatic N) is 1. The maximum atomic E-state index is 9.62. The number of phenolic OH excluding ortho intramolecular Hbond substituents is 1. The van der Waals surface area contributed by atoms with Crippen molar-refractivity contribution in [3.05, 3.63) is 47.7 Å². The molecule has 0 atom stereocenters. The number of aliphatic imine (C=N–C) groups is 1. The molecule has 0 saturated heterocycles. The van der Waals surface area contributed by atoms with Crippen LogP contribution in [-0.2, 0) is 0 Å². The highest BCUT2D eigenvalue weighted by Gasteiger charge is 2.21. The molecular formula is C12H9NO2. The van der Waals surface area contributed by atoms with Crippen LogP contribution in [0.5, 0.6) is 11.5 Å². The van der Waals surface area contributed by atoms with E-state index in [9.17, 15) is 5.11 Å². The van der Waals surface area contributed by atoms with Crippen molar-refractivity contribution < 1.29 is 9.84 Å². The average molecular weight is 199 g/mol. The molecular weight excluding hydrogens is 190 g/mol. The van der Waals surface area contributed by atoms with Crippen LogP contribution in [0.4, 0.5) is 0 Å². The van der Waals surface area contributed by atoms with Gasteiger partial charge in [0.05, 0.1) is 12.3 Å². The van der Waals surface area contributed by atoms with Crippen molar-refractivity contribution in [3.8, 4) is 11.5 Å². The number of phenols is 1. The summed E-state index contributed by atoms with van der Waals surface area (Å²) in [6.45, 7) is 0.682. The van der Waals surface area contributed by atoms with Gasteiger partial charge in [-0.15, -0.1) is 0 Å². The number of hydrogen-bond acceptors (Lipinski definition) is 3. The number of dihydropyridines is 1. The van der Waals surface area contributed by atoms with E-state index in [2.05, 4.69) is 4.99 Å². The Balaban J connectivity index is 2.22. The molecule has 0 bridgehead atoms. The summed E-state index contributed by atoms with van der Waals surface area (Å²) in [6, 6.07) is 5.30. The van der Waals surface area contributed by atoms with Crippen LogP contribution in [0.25, 0.3) is 0 Å². The molecule has 3 rings (SSSR count). The highest BCUT2D eigenvalue weighted by atomic mass is 16.5. The molecule has 3 heteroatoms. The minimum Gasteiger partial charge on any atom is -0.504 e. The first-order valence-corrected chi connectivity index (χ1v) is 4.77. The average Bonchev–Trinajstić information content (AvgIpc) is 2.29. The van der Waals surface area contributed by atoms with E-state index in [0.29, 0.717) is 12.3 Å². The third-order valence-corrected chi connectivity index (χ3v) is 2.48. The summed E-state index contributed by atoms with van der Waals surface area (Å²) in [5.74, 6) is 0.648. The van der Waals surface area contributed by atoms with Crippen LogP contribution in [-0.4, -0.2) is 17.4 Å². The zero-order valence-electron chi connectivity index (χ0n) is 7.97. The SMILES string of the molecule is Oc1cccc2c1OC=C1C=CCN=C12. The molecule has 3 nitrogen and oxygen atoms in total. The maximum absolute atomic E-state index is 9.62. The number of allylic oxidation sites excluding steroid dienone is 2. The first kappa shape index (κ1) is 8.29. The van der Waals surface area contributed by atoms with Gasteiger partial charge in [-0.3, -0.25) is 4.99 Å². The lowest BCUT2D eigenvalue weighted by Crippen LogP contribution is -2.14. The Labute approximate surface area is 87.0 Å². The summed E-state index contributed by atoms with van der Waals surface area (Å²) in [6.07, 6.45) is 5.58. The summed E-state index contributed by atoms with van der Waals surface area (Å²) in [5.41, 5.74) is 2.71. The lowest BCUT2D eigenvalue weighted by atomic mass is 9.98. The van der Waals surface area contributed by atoms with Crippen molar-refractivity contribution in [2.24, 2.45) is 4.99 Å². The predicted molar refractivity (Wildman–Crippen MR) is 57.4 cm³/mol. The number of fused-ring (bicyclic) bond motifs is 3. The Morgan fingerprint density at radius 2 is 2.27 bits per heavy atom.